The van der Waals surface area contributed by atoms with E-state index >= 15 is 0 Å². The molecule has 4 heteroatoms. The summed E-state index contributed by atoms with van der Waals surface area (Å²) in [5.41, 5.74) is 0. The lowest BCUT2D eigenvalue weighted by Crippen LogP contribution is -2.31. The van der Waals surface area contributed by atoms with Crippen LogP contribution in [0.4, 0.5) is 0 Å². The van der Waals surface area contributed by atoms with Crippen LogP contribution in [0.3, 0.4) is 0 Å². The Morgan fingerprint density at radius 2 is 1.54 bits per heavy atom. The van der Waals surface area contributed by atoms with Gasteiger partial charge in [-0.1, -0.05) is 32.8 Å². The fraction of sp³-hybridized carbons (Fsp3) is 0.818. The van der Waals surface area contributed by atoms with Gasteiger partial charge in [0, 0.05) is 6.08 Å². The molecule has 2 aliphatic rings. The summed E-state index contributed by atoms with van der Waals surface area (Å²) in [6, 6.07) is 0. The molecule has 0 radical (unpaired) electrons. The first-order chi connectivity index (χ1) is 12.6. The number of hydrogen-bond acceptors (Lipinski definition) is 4. The molecule has 0 aromatic rings. The summed E-state index contributed by atoms with van der Waals surface area (Å²) >= 11 is 0. The Bertz CT molecular complexity index is 443. The Labute approximate surface area is 158 Å². The standard InChI is InChI=1S/C22H36O4/c1-3-5-6-7-16-25-22(24)19-10-8-17(9-11-19)18-12-14-20(15-13-18)26-21(23)4-2/h4,17-20H,2-3,5-16H2,1H3. The van der Waals surface area contributed by atoms with E-state index in [9.17, 15) is 9.59 Å². The van der Waals surface area contributed by atoms with Gasteiger partial charge in [-0.15, -0.1) is 0 Å². The largest absolute Gasteiger partial charge is 0.465 e. The number of rotatable bonds is 9. The summed E-state index contributed by atoms with van der Waals surface area (Å²) in [4.78, 5) is 23.5. The molecular weight excluding hydrogens is 328 g/mol. The summed E-state index contributed by atoms with van der Waals surface area (Å²) in [7, 11) is 0. The Balaban J connectivity index is 1.62. The second-order valence-electron chi connectivity index (χ2n) is 8.02. The first kappa shape index (κ1) is 21.0. The molecule has 4 nitrogen and oxygen atoms in total. The average molecular weight is 365 g/mol. The van der Waals surface area contributed by atoms with Crippen LogP contribution in [0.15, 0.2) is 12.7 Å². The lowest BCUT2D eigenvalue weighted by Gasteiger charge is -2.37. The number of carbonyl (C=O) groups is 2. The van der Waals surface area contributed by atoms with Gasteiger partial charge in [-0.05, 0) is 69.6 Å². The lowest BCUT2D eigenvalue weighted by molar-refractivity contribution is -0.150. The molecule has 2 saturated carbocycles. The van der Waals surface area contributed by atoms with Gasteiger partial charge in [0.15, 0.2) is 0 Å². The van der Waals surface area contributed by atoms with Gasteiger partial charge >= 0.3 is 11.9 Å². The van der Waals surface area contributed by atoms with Crippen molar-refractivity contribution in [1.29, 1.82) is 0 Å². The van der Waals surface area contributed by atoms with Crippen molar-refractivity contribution in [1.82, 2.24) is 0 Å². The molecule has 2 aliphatic carbocycles. The van der Waals surface area contributed by atoms with E-state index in [2.05, 4.69) is 13.5 Å². The molecule has 0 spiro atoms. The van der Waals surface area contributed by atoms with Crippen LogP contribution in [0.5, 0.6) is 0 Å². The molecule has 0 aromatic carbocycles. The summed E-state index contributed by atoms with van der Waals surface area (Å²) in [5, 5.41) is 0. The van der Waals surface area contributed by atoms with Crippen molar-refractivity contribution in [2.24, 2.45) is 17.8 Å². The van der Waals surface area contributed by atoms with Crippen molar-refractivity contribution in [3.8, 4) is 0 Å². The zero-order valence-electron chi connectivity index (χ0n) is 16.4. The average Bonchev–Trinajstić information content (AvgIpc) is 2.68. The van der Waals surface area contributed by atoms with E-state index in [1.165, 1.54) is 18.9 Å². The third-order valence-electron chi connectivity index (χ3n) is 6.18. The fourth-order valence-corrected chi connectivity index (χ4v) is 4.54. The zero-order chi connectivity index (χ0) is 18.8. The fourth-order valence-electron chi connectivity index (χ4n) is 4.54. The maximum absolute atomic E-state index is 12.2. The van der Waals surface area contributed by atoms with Gasteiger partial charge in [0.2, 0.25) is 0 Å². The molecule has 0 saturated heterocycles. The Hall–Kier alpha value is -1.32. The van der Waals surface area contributed by atoms with Gasteiger partial charge in [-0.3, -0.25) is 4.79 Å². The maximum Gasteiger partial charge on any atom is 0.330 e. The smallest absolute Gasteiger partial charge is 0.330 e. The van der Waals surface area contributed by atoms with Crippen molar-refractivity contribution in [3.63, 3.8) is 0 Å². The van der Waals surface area contributed by atoms with Gasteiger partial charge < -0.3 is 9.47 Å². The second kappa shape index (κ2) is 11.4. The van der Waals surface area contributed by atoms with Gasteiger partial charge in [-0.25, -0.2) is 4.79 Å². The highest BCUT2D eigenvalue weighted by Crippen LogP contribution is 2.40. The number of carbonyl (C=O) groups excluding carboxylic acids is 2. The summed E-state index contributed by atoms with van der Waals surface area (Å²) in [6.45, 7) is 6.23. The molecule has 2 fully saturated rings. The monoisotopic (exact) mass is 364 g/mol. The summed E-state index contributed by atoms with van der Waals surface area (Å²) < 4.78 is 10.8. The van der Waals surface area contributed by atoms with E-state index in [0.717, 1.165) is 76.0 Å². The summed E-state index contributed by atoms with van der Waals surface area (Å²) in [5.74, 6) is 1.28. The number of ether oxygens (including phenoxy) is 2. The number of hydrogen-bond donors (Lipinski definition) is 0. The normalized spacial score (nSPS) is 29.0. The summed E-state index contributed by atoms with van der Waals surface area (Å²) in [6.07, 6.45) is 14.3. The van der Waals surface area contributed by atoms with Gasteiger partial charge in [0.05, 0.1) is 12.5 Å². The predicted molar refractivity (Wildman–Crippen MR) is 103 cm³/mol. The molecule has 0 N–H and O–H groups in total. The molecule has 0 aliphatic heterocycles. The van der Waals surface area contributed by atoms with Crippen molar-refractivity contribution in [2.45, 2.75) is 90.1 Å². The van der Waals surface area contributed by atoms with E-state index in [-0.39, 0.29) is 24.0 Å². The highest BCUT2D eigenvalue weighted by atomic mass is 16.5. The molecule has 0 heterocycles. The first-order valence-corrected chi connectivity index (χ1v) is 10.6. The molecule has 0 unspecified atom stereocenters. The second-order valence-corrected chi connectivity index (χ2v) is 8.02. The van der Waals surface area contributed by atoms with Crippen LogP contribution in [0.1, 0.15) is 84.0 Å². The van der Waals surface area contributed by atoms with Crippen LogP contribution in [-0.4, -0.2) is 24.6 Å². The minimum atomic E-state index is -0.304. The van der Waals surface area contributed by atoms with Crippen LogP contribution in [0.2, 0.25) is 0 Å². The third kappa shape index (κ3) is 6.77. The van der Waals surface area contributed by atoms with E-state index in [0.29, 0.717) is 6.61 Å². The van der Waals surface area contributed by atoms with Crippen LogP contribution in [0, 0.1) is 17.8 Å². The van der Waals surface area contributed by atoms with Crippen LogP contribution >= 0.6 is 0 Å². The van der Waals surface area contributed by atoms with Crippen molar-refractivity contribution >= 4 is 11.9 Å². The highest BCUT2D eigenvalue weighted by Gasteiger charge is 2.34. The van der Waals surface area contributed by atoms with Gasteiger partial charge in [0.1, 0.15) is 6.10 Å². The number of unbranched alkanes of at least 4 members (excludes halogenated alkanes) is 3. The maximum atomic E-state index is 12.2. The van der Waals surface area contributed by atoms with Crippen LogP contribution in [0.25, 0.3) is 0 Å². The van der Waals surface area contributed by atoms with E-state index < -0.39 is 0 Å². The topological polar surface area (TPSA) is 52.6 Å². The van der Waals surface area contributed by atoms with Crippen molar-refractivity contribution in [3.05, 3.63) is 12.7 Å². The SMILES string of the molecule is C=CC(=O)OC1CCC(C2CCC(C(=O)OCCCCCC)CC2)CC1. The van der Waals surface area contributed by atoms with Crippen LogP contribution < -0.4 is 0 Å². The van der Waals surface area contributed by atoms with Crippen molar-refractivity contribution in [2.75, 3.05) is 6.61 Å². The lowest BCUT2D eigenvalue weighted by atomic mass is 9.70. The molecular formula is C22H36O4. The first-order valence-electron chi connectivity index (χ1n) is 10.6. The third-order valence-corrected chi connectivity index (χ3v) is 6.18. The minimum absolute atomic E-state index is 0.0278. The molecule has 0 aromatic heterocycles. The number of esters is 2. The minimum Gasteiger partial charge on any atom is -0.465 e. The van der Waals surface area contributed by atoms with E-state index in [4.69, 9.17) is 9.47 Å². The molecule has 0 amide bonds. The van der Waals surface area contributed by atoms with Gasteiger partial charge in [-0.2, -0.15) is 0 Å². The Kier molecular flexibility index (Phi) is 9.21. The Morgan fingerprint density at radius 1 is 0.923 bits per heavy atom. The molecule has 26 heavy (non-hydrogen) atoms. The van der Waals surface area contributed by atoms with E-state index in [1.54, 1.807) is 0 Å². The molecule has 0 bridgehead atoms. The zero-order valence-corrected chi connectivity index (χ0v) is 16.4. The molecule has 0 atom stereocenters. The highest BCUT2D eigenvalue weighted by molar-refractivity contribution is 5.81. The van der Waals surface area contributed by atoms with E-state index in [1.807, 2.05) is 0 Å². The quantitative estimate of drug-likeness (QED) is 0.320. The predicted octanol–water partition coefficient (Wildman–Crippen LogP) is 5.20. The van der Waals surface area contributed by atoms with Gasteiger partial charge in [0.25, 0.3) is 0 Å². The van der Waals surface area contributed by atoms with Crippen LogP contribution in [-0.2, 0) is 19.1 Å². The van der Waals surface area contributed by atoms with Crippen molar-refractivity contribution < 1.29 is 19.1 Å². The Morgan fingerprint density at radius 3 is 2.12 bits per heavy atom. The molecule has 148 valence electrons. The molecule has 2 rings (SSSR count).